The van der Waals surface area contributed by atoms with Crippen molar-refractivity contribution in [2.24, 2.45) is 0 Å². The van der Waals surface area contributed by atoms with Crippen LogP contribution in [0, 0.1) is 0 Å². The highest BCUT2D eigenvalue weighted by molar-refractivity contribution is 5.77. The van der Waals surface area contributed by atoms with E-state index < -0.39 is 11.9 Å². The molecule has 0 unspecified atom stereocenters. The molecule has 0 radical (unpaired) electrons. The number of nitrogens with zero attached hydrogens (tertiary/aromatic N) is 1. The summed E-state index contributed by atoms with van der Waals surface area (Å²) in [6.07, 6.45) is 0.0821. The number of carbonyl (C=O) groups excluding carboxylic acids is 1. The van der Waals surface area contributed by atoms with E-state index in [9.17, 15) is 14.4 Å². The molecule has 0 rings (SSSR count). The van der Waals surface area contributed by atoms with Crippen molar-refractivity contribution in [3.63, 3.8) is 0 Å². The number of carbonyl (C=O) groups is 3. The molecule has 0 aliphatic heterocycles. The maximum atomic E-state index is 11.3. The lowest BCUT2D eigenvalue weighted by molar-refractivity contribution is -0.142. The summed E-state index contributed by atoms with van der Waals surface area (Å²) in [5, 5.41) is 19.8. The van der Waals surface area contributed by atoms with Crippen LogP contribution >= 0.6 is 0 Å². The van der Waals surface area contributed by atoms with Gasteiger partial charge in [0.25, 0.3) is 0 Å². The van der Waals surface area contributed by atoms with Crippen molar-refractivity contribution < 1.29 is 24.6 Å². The number of rotatable bonds is 8. The standard InChI is InChI=1S/C10H18N2O5/c1-7(2)11-8(13)3-4-12(5-9(14)15)6-10(16)17/h7H,3-6H2,1-2H3,(H,11,13)(H,14,15)(H,16,17). The van der Waals surface area contributed by atoms with E-state index in [4.69, 9.17) is 10.2 Å². The summed E-state index contributed by atoms with van der Waals surface area (Å²) in [4.78, 5) is 33.5. The van der Waals surface area contributed by atoms with Crippen LogP contribution in [-0.4, -0.2) is 58.6 Å². The van der Waals surface area contributed by atoms with Crippen LogP contribution in [0.5, 0.6) is 0 Å². The molecule has 0 saturated carbocycles. The monoisotopic (exact) mass is 246 g/mol. The quantitative estimate of drug-likeness (QED) is 0.526. The molecule has 3 N–H and O–H groups in total. The summed E-state index contributed by atoms with van der Waals surface area (Å²) in [5.74, 6) is -2.45. The van der Waals surface area contributed by atoms with Crippen molar-refractivity contribution in [1.82, 2.24) is 10.2 Å². The van der Waals surface area contributed by atoms with Gasteiger partial charge in [-0.25, -0.2) is 0 Å². The van der Waals surface area contributed by atoms with Crippen molar-refractivity contribution in [3.05, 3.63) is 0 Å². The highest BCUT2D eigenvalue weighted by atomic mass is 16.4. The maximum absolute atomic E-state index is 11.3. The Bertz CT molecular complexity index is 274. The van der Waals surface area contributed by atoms with Gasteiger partial charge in [0.1, 0.15) is 0 Å². The van der Waals surface area contributed by atoms with Gasteiger partial charge in [-0.05, 0) is 13.8 Å². The highest BCUT2D eigenvalue weighted by Gasteiger charge is 2.14. The van der Waals surface area contributed by atoms with Crippen molar-refractivity contribution >= 4 is 17.8 Å². The molecule has 1 amide bonds. The second kappa shape index (κ2) is 7.61. The molecular weight excluding hydrogens is 228 g/mol. The molecule has 0 aromatic rings. The molecule has 0 heterocycles. The van der Waals surface area contributed by atoms with Crippen LogP contribution in [0.2, 0.25) is 0 Å². The zero-order chi connectivity index (χ0) is 13.4. The molecule has 0 atom stereocenters. The van der Waals surface area contributed by atoms with E-state index in [2.05, 4.69) is 5.32 Å². The minimum atomic E-state index is -1.12. The summed E-state index contributed by atoms with van der Waals surface area (Å²) in [6, 6.07) is 0.00916. The minimum absolute atomic E-state index is 0.00916. The van der Waals surface area contributed by atoms with Crippen LogP contribution in [0.15, 0.2) is 0 Å². The minimum Gasteiger partial charge on any atom is -0.480 e. The topological polar surface area (TPSA) is 107 Å². The summed E-state index contributed by atoms with van der Waals surface area (Å²) in [7, 11) is 0. The summed E-state index contributed by atoms with van der Waals surface area (Å²) >= 11 is 0. The summed E-state index contributed by atoms with van der Waals surface area (Å²) in [5.41, 5.74) is 0. The van der Waals surface area contributed by atoms with E-state index >= 15 is 0 Å². The molecule has 0 aliphatic rings. The zero-order valence-electron chi connectivity index (χ0n) is 9.97. The van der Waals surface area contributed by atoms with Crippen molar-refractivity contribution in [2.45, 2.75) is 26.3 Å². The lowest BCUT2D eigenvalue weighted by Crippen LogP contribution is -2.38. The van der Waals surface area contributed by atoms with E-state index in [-0.39, 0.29) is 38.0 Å². The Hall–Kier alpha value is -1.63. The Morgan fingerprint density at radius 2 is 1.59 bits per heavy atom. The highest BCUT2D eigenvalue weighted by Crippen LogP contribution is 1.93. The van der Waals surface area contributed by atoms with Gasteiger partial charge in [-0.2, -0.15) is 0 Å². The van der Waals surface area contributed by atoms with Crippen LogP contribution in [0.25, 0.3) is 0 Å². The largest absolute Gasteiger partial charge is 0.480 e. The van der Waals surface area contributed by atoms with Crippen LogP contribution in [0.4, 0.5) is 0 Å². The van der Waals surface area contributed by atoms with Crippen LogP contribution < -0.4 is 5.32 Å². The number of aliphatic carboxylic acids is 2. The third-order valence-electron chi connectivity index (χ3n) is 1.82. The average molecular weight is 246 g/mol. The molecule has 0 aromatic heterocycles. The van der Waals surface area contributed by atoms with E-state index in [1.165, 1.54) is 4.90 Å². The van der Waals surface area contributed by atoms with E-state index in [1.807, 2.05) is 13.8 Å². The Labute approximate surface area is 99.4 Å². The van der Waals surface area contributed by atoms with Gasteiger partial charge in [0.15, 0.2) is 0 Å². The Balaban J connectivity index is 4.10. The van der Waals surface area contributed by atoms with E-state index in [1.54, 1.807) is 0 Å². The lowest BCUT2D eigenvalue weighted by Gasteiger charge is -2.17. The van der Waals surface area contributed by atoms with Gasteiger partial charge in [-0.3, -0.25) is 19.3 Å². The Kier molecular flexibility index (Phi) is 6.88. The van der Waals surface area contributed by atoms with Crippen LogP contribution in [-0.2, 0) is 14.4 Å². The van der Waals surface area contributed by atoms with Gasteiger partial charge in [0.2, 0.25) is 5.91 Å². The molecule has 98 valence electrons. The first-order valence-corrected chi connectivity index (χ1v) is 5.26. The number of hydrogen-bond donors (Lipinski definition) is 3. The predicted octanol–water partition coefficient (Wildman–Crippen LogP) is -0.628. The first kappa shape index (κ1) is 15.4. The molecule has 17 heavy (non-hydrogen) atoms. The fourth-order valence-electron chi connectivity index (χ4n) is 1.25. The first-order valence-electron chi connectivity index (χ1n) is 5.26. The number of hydrogen-bond acceptors (Lipinski definition) is 4. The second-order valence-electron chi connectivity index (χ2n) is 3.97. The molecule has 0 aliphatic carbocycles. The van der Waals surface area contributed by atoms with Crippen LogP contribution in [0.1, 0.15) is 20.3 Å². The second-order valence-corrected chi connectivity index (χ2v) is 3.97. The third kappa shape index (κ3) is 9.31. The summed E-state index contributed by atoms with van der Waals surface area (Å²) < 4.78 is 0. The van der Waals surface area contributed by atoms with Gasteiger partial charge in [0.05, 0.1) is 13.1 Å². The van der Waals surface area contributed by atoms with Gasteiger partial charge in [-0.15, -0.1) is 0 Å². The first-order chi connectivity index (χ1) is 7.81. The van der Waals surface area contributed by atoms with Gasteiger partial charge in [0, 0.05) is 19.0 Å². The predicted molar refractivity (Wildman–Crippen MR) is 59.6 cm³/mol. The Morgan fingerprint density at radius 1 is 1.12 bits per heavy atom. The summed E-state index contributed by atoms with van der Waals surface area (Å²) in [6.45, 7) is 2.95. The number of amides is 1. The average Bonchev–Trinajstić information content (AvgIpc) is 2.11. The number of carboxylic acid groups (broad SMARTS) is 2. The number of nitrogens with one attached hydrogen (secondary N) is 1. The number of carboxylic acids is 2. The molecule has 0 bridgehead atoms. The SMILES string of the molecule is CC(C)NC(=O)CCN(CC(=O)O)CC(=O)O. The van der Waals surface area contributed by atoms with Crippen molar-refractivity contribution in [2.75, 3.05) is 19.6 Å². The van der Waals surface area contributed by atoms with Crippen molar-refractivity contribution in [3.8, 4) is 0 Å². The van der Waals surface area contributed by atoms with E-state index in [0.29, 0.717) is 0 Å². The maximum Gasteiger partial charge on any atom is 0.317 e. The van der Waals surface area contributed by atoms with Gasteiger partial charge >= 0.3 is 11.9 Å². The molecule has 0 spiro atoms. The lowest BCUT2D eigenvalue weighted by atomic mass is 10.3. The van der Waals surface area contributed by atoms with Crippen molar-refractivity contribution in [1.29, 1.82) is 0 Å². The van der Waals surface area contributed by atoms with Gasteiger partial charge in [-0.1, -0.05) is 0 Å². The smallest absolute Gasteiger partial charge is 0.317 e. The molecule has 7 heteroatoms. The molecule has 0 fully saturated rings. The molecule has 7 nitrogen and oxygen atoms in total. The fourth-order valence-corrected chi connectivity index (χ4v) is 1.25. The molecule has 0 aromatic carbocycles. The fraction of sp³-hybridized carbons (Fsp3) is 0.700. The Morgan fingerprint density at radius 3 is 1.94 bits per heavy atom. The molecule has 0 saturated heterocycles. The normalized spacial score (nSPS) is 10.6. The third-order valence-corrected chi connectivity index (χ3v) is 1.82. The molecular formula is C10H18N2O5. The van der Waals surface area contributed by atoms with Gasteiger partial charge < -0.3 is 15.5 Å². The zero-order valence-corrected chi connectivity index (χ0v) is 9.97. The van der Waals surface area contributed by atoms with Crippen LogP contribution in [0.3, 0.4) is 0 Å². The van der Waals surface area contributed by atoms with E-state index in [0.717, 1.165) is 0 Å².